The molecule has 0 radical (unpaired) electrons. The average Bonchev–Trinajstić information content (AvgIpc) is 2.96. The van der Waals surface area contributed by atoms with Crippen molar-refractivity contribution >= 4 is 10.9 Å². The summed E-state index contributed by atoms with van der Waals surface area (Å²) in [5.41, 5.74) is 6.07. The number of benzene rings is 1. The zero-order valence-corrected chi connectivity index (χ0v) is 14.2. The van der Waals surface area contributed by atoms with Crippen LogP contribution in [0.25, 0.3) is 10.9 Å². The number of rotatable bonds is 3. The predicted molar refractivity (Wildman–Crippen MR) is 95.9 cm³/mol. The van der Waals surface area contributed by atoms with E-state index >= 15 is 0 Å². The molecule has 124 valence electrons. The molecule has 3 aromatic rings. The molecule has 2 N–H and O–H groups in total. The summed E-state index contributed by atoms with van der Waals surface area (Å²) in [7, 11) is 2.18. The van der Waals surface area contributed by atoms with Crippen molar-refractivity contribution < 1.29 is 5.11 Å². The van der Waals surface area contributed by atoms with Crippen LogP contribution < -0.4 is 0 Å². The first-order valence-corrected chi connectivity index (χ1v) is 8.55. The molecule has 0 spiro atoms. The summed E-state index contributed by atoms with van der Waals surface area (Å²) in [6, 6.07) is 10.9. The Morgan fingerprint density at radius 2 is 2.17 bits per heavy atom. The van der Waals surface area contributed by atoms with Crippen LogP contribution in [0.3, 0.4) is 0 Å². The molecule has 4 rings (SSSR count). The fourth-order valence-electron chi connectivity index (χ4n) is 3.90. The summed E-state index contributed by atoms with van der Waals surface area (Å²) in [4.78, 5) is 10.2. The molecule has 0 fully saturated rings. The van der Waals surface area contributed by atoms with Crippen LogP contribution >= 0.6 is 0 Å². The van der Waals surface area contributed by atoms with Crippen molar-refractivity contribution in [3.8, 4) is 0 Å². The number of nitrogens with one attached hydrogen (secondary N) is 1. The van der Waals surface area contributed by atoms with Gasteiger partial charge in [-0.3, -0.25) is 9.88 Å². The quantitative estimate of drug-likeness (QED) is 0.777. The molecule has 2 aromatic heterocycles. The van der Waals surface area contributed by atoms with Gasteiger partial charge in [0.2, 0.25) is 0 Å². The van der Waals surface area contributed by atoms with E-state index in [4.69, 9.17) is 0 Å². The Morgan fingerprint density at radius 3 is 3.00 bits per heavy atom. The molecular weight excluding hydrogens is 298 g/mol. The van der Waals surface area contributed by atoms with E-state index in [1.165, 1.54) is 27.7 Å². The molecule has 1 aliphatic heterocycles. The Morgan fingerprint density at radius 1 is 1.33 bits per heavy atom. The van der Waals surface area contributed by atoms with Crippen LogP contribution in [0.15, 0.2) is 42.7 Å². The highest BCUT2D eigenvalue weighted by Gasteiger charge is 2.29. The first-order valence-electron chi connectivity index (χ1n) is 8.55. The van der Waals surface area contributed by atoms with Crippen molar-refractivity contribution in [2.24, 2.45) is 0 Å². The molecule has 0 bridgehead atoms. The van der Waals surface area contributed by atoms with E-state index in [1.807, 2.05) is 12.3 Å². The van der Waals surface area contributed by atoms with Crippen molar-refractivity contribution in [3.05, 3.63) is 65.1 Å². The van der Waals surface area contributed by atoms with Gasteiger partial charge in [-0.05, 0) is 50.1 Å². The van der Waals surface area contributed by atoms with Gasteiger partial charge in [-0.15, -0.1) is 0 Å². The van der Waals surface area contributed by atoms with Gasteiger partial charge in [0.15, 0.2) is 0 Å². The van der Waals surface area contributed by atoms with E-state index in [2.05, 4.69) is 46.2 Å². The lowest BCUT2D eigenvalue weighted by atomic mass is 9.91. The minimum atomic E-state index is -0.496. The van der Waals surface area contributed by atoms with Crippen molar-refractivity contribution in [1.82, 2.24) is 14.9 Å². The number of aliphatic hydroxyl groups is 1. The van der Waals surface area contributed by atoms with Gasteiger partial charge < -0.3 is 10.1 Å². The molecule has 0 saturated carbocycles. The fourth-order valence-corrected chi connectivity index (χ4v) is 3.90. The van der Waals surface area contributed by atoms with E-state index in [0.717, 1.165) is 24.9 Å². The van der Waals surface area contributed by atoms with Crippen molar-refractivity contribution in [1.29, 1.82) is 0 Å². The van der Waals surface area contributed by atoms with Gasteiger partial charge in [0.25, 0.3) is 0 Å². The number of pyridine rings is 1. The second-order valence-corrected chi connectivity index (χ2v) is 6.76. The molecular formula is C20H23N3O. The van der Waals surface area contributed by atoms with E-state index < -0.39 is 6.10 Å². The standard InChI is InChI=1S/C20H23N3O/c1-13(24)17-12-21-9-7-14(17)11-19-20-16(8-10-23(19)2)15-5-3-4-6-18(15)22-20/h3-7,9,12-13,19,22,24H,8,10-11H2,1-2H3/t13-,19-/m0/s1. The molecule has 0 amide bonds. The summed E-state index contributed by atoms with van der Waals surface area (Å²) >= 11 is 0. The third-order valence-corrected chi connectivity index (χ3v) is 5.24. The Labute approximate surface area is 142 Å². The smallest absolute Gasteiger partial charge is 0.0779 e. The second kappa shape index (κ2) is 6.04. The summed E-state index contributed by atoms with van der Waals surface area (Å²) < 4.78 is 0. The average molecular weight is 321 g/mol. The van der Waals surface area contributed by atoms with Gasteiger partial charge in [0.1, 0.15) is 0 Å². The van der Waals surface area contributed by atoms with Crippen molar-refractivity contribution in [3.63, 3.8) is 0 Å². The van der Waals surface area contributed by atoms with E-state index in [9.17, 15) is 5.11 Å². The maximum Gasteiger partial charge on any atom is 0.0779 e. The van der Waals surface area contributed by atoms with Crippen molar-refractivity contribution in [2.75, 3.05) is 13.6 Å². The Kier molecular flexibility index (Phi) is 3.87. The molecule has 3 heterocycles. The minimum Gasteiger partial charge on any atom is -0.389 e. The molecule has 2 atom stereocenters. The van der Waals surface area contributed by atoms with Gasteiger partial charge >= 0.3 is 0 Å². The third kappa shape index (κ3) is 2.52. The molecule has 0 unspecified atom stereocenters. The summed E-state index contributed by atoms with van der Waals surface area (Å²) in [6.07, 6.45) is 5.06. The maximum atomic E-state index is 10.0. The summed E-state index contributed by atoms with van der Waals surface area (Å²) in [5, 5.41) is 11.4. The van der Waals surface area contributed by atoms with E-state index in [1.54, 1.807) is 13.1 Å². The van der Waals surface area contributed by atoms with Crippen LogP contribution in [-0.2, 0) is 12.8 Å². The number of aliphatic hydroxyl groups excluding tert-OH is 1. The number of aromatic nitrogens is 2. The molecule has 0 saturated heterocycles. The number of aromatic amines is 1. The number of hydrogen-bond donors (Lipinski definition) is 2. The van der Waals surface area contributed by atoms with E-state index in [0.29, 0.717) is 6.04 Å². The van der Waals surface area contributed by atoms with Crippen molar-refractivity contribution in [2.45, 2.75) is 31.9 Å². The highest BCUT2D eigenvalue weighted by Crippen LogP contribution is 2.36. The van der Waals surface area contributed by atoms with Gasteiger partial charge in [0.05, 0.1) is 12.1 Å². The third-order valence-electron chi connectivity index (χ3n) is 5.24. The first kappa shape index (κ1) is 15.4. The molecule has 1 aromatic carbocycles. The summed E-state index contributed by atoms with van der Waals surface area (Å²) in [6.45, 7) is 2.86. The zero-order chi connectivity index (χ0) is 16.7. The van der Waals surface area contributed by atoms with E-state index in [-0.39, 0.29) is 0 Å². The largest absolute Gasteiger partial charge is 0.389 e. The van der Waals surface area contributed by atoms with Crippen LogP contribution in [0, 0.1) is 0 Å². The first-order chi connectivity index (χ1) is 11.6. The molecule has 0 aliphatic carbocycles. The zero-order valence-electron chi connectivity index (χ0n) is 14.2. The number of nitrogens with zero attached hydrogens (tertiary/aromatic N) is 2. The topological polar surface area (TPSA) is 52.2 Å². The SMILES string of the molecule is C[C@H](O)c1cnccc1C[C@H]1c2[nH]c3ccccc3c2CCN1C. The predicted octanol–water partition coefficient (Wildman–Crippen LogP) is 3.39. The maximum absolute atomic E-state index is 10.0. The number of hydrogen-bond acceptors (Lipinski definition) is 3. The molecule has 24 heavy (non-hydrogen) atoms. The normalized spacial score (nSPS) is 19.4. The summed E-state index contributed by atoms with van der Waals surface area (Å²) in [5.74, 6) is 0. The number of fused-ring (bicyclic) bond motifs is 3. The lowest BCUT2D eigenvalue weighted by Crippen LogP contribution is -2.33. The minimum absolute atomic E-state index is 0.293. The Hall–Kier alpha value is -2.17. The lowest BCUT2D eigenvalue weighted by molar-refractivity contribution is 0.194. The van der Waals surface area contributed by atoms with Crippen LogP contribution in [-0.4, -0.2) is 33.6 Å². The number of H-pyrrole nitrogens is 1. The fraction of sp³-hybridized carbons (Fsp3) is 0.350. The lowest BCUT2D eigenvalue weighted by Gasteiger charge is -2.33. The van der Waals surface area contributed by atoms with Gasteiger partial charge in [0, 0.05) is 41.1 Å². The highest BCUT2D eigenvalue weighted by molar-refractivity contribution is 5.85. The van der Waals surface area contributed by atoms with Gasteiger partial charge in [-0.25, -0.2) is 0 Å². The Bertz CT molecular complexity index is 868. The van der Waals surface area contributed by atoms with Crippen LogP contribution in [0.5, 0.6) is 0 Å². The van der Waals surface area contributed by atoms with Gasteiger partial charge in [-0.1, -0.05) is 18.2 Å². The monoisotopic (exact) mass is 321 g/mol. The second-order valence-electron chi connectivity index (χ2n) is 6.76. The van der Waals surface area contributed by atoms with Crippen LogP contribution in [0.2, 0.25) is 0 Å². The van der Waals surface area contributed by atoms with Gasteiger partial charge in [-0.2, -0.15) is 0 Å². The number of para-hydroxylation sites is 1. The van der Waals surface area contributed by atoms with Crippen LogP contribution in [0.4, 0.5) is 0 Å². The molecule has 4 nitrogen and oxygen atoms in total. The highest BCUT2D eigenvalue weighted by atomic mass is 16.3. The van der Waals surface area contributed by atoms with Crippen LogP contribution in [0.1, 0.15) is 41.5 Å². The molecule has 4 heteroatoms. The Balaban J connectivity index is 1.77. The number of likely N-dealkylation sites (N-methyl/N-ethyl adjacent to an activating group) is 1. The molecule has 1 aliphatic rings.